The van der Waals surface area contributed by atoms with E-state index in [0.29, 0.717) is 56.5 Å². The lowest BCUT2D eigenvalue weighted by Gasteiger charge is -2.31. The number of rotatable bonds is 7. The van der Waals surface area contributed by atoms with Crippen LogP contribution in [0.5, 0.6) is 0 Å². The number of ether oxygens (including phenoxy) is 3. The molecule has 4 rings (SSSR count). The molecule has 2 saturated heterocycles. The number of nitrogens with zero attached hydrogens (tertiary/aromatic N) is 2. The van der Waals surface area contributed by atoms with Crippen molar-refractivity contribution in [2.75, 3.05) is 69.4 Å². The SMILES string of the molecule is CC(C)(C)c1cc(C(=O)OCC(=O)Nc2cc(S(=O)(=O)N3CCOCC3)ccc2N2CCOCC2)cc(C(C)(C)C)c1. The monoisotopic (exact) mass is 601 g/mol. The number of morpholine rings is 2. The van der Waals surface area contributed by atoms with Gasteiger partial charge in [-0.1, -0.05) is 47.6 Å². The molecule has 0 bridgehead atoms. The summed E-state index contributed by atoms with van der Waals surface area (Å²) in [5.74, 6) is -1.17. The van der Waals surface area contributed by atoms with Gasteiger partial charge in [-0.25, -0.2) is 13.2 Å². The summed E-state index contributed by atoms with van der Waals surface area (Å²) in [6, 6.07) is 10.5. The highest BCUT2D eigenvalue weighted by Gasteiger charge is 2.28. The Morgan fingerprint density at radius 2 is 1.38 bits per heavy atom. The molecule has 0 saturated carbocycles. The van der Waals surface area contributed by atoms with Crippen molar-refractivity contribution >= 4 is 33.3 Å². The molecule has 0 atom stereocenters. The summed E-state index contributed by atoms with van der Waals surface area (Å²) in [6.07, 6.45) is 0. The topological polar surface area (TPSA) is 114 Å². The van der Waals surface area contributed by atoms with E-state index in [1.165, 1.54) is 10.4 Å². The van der Waals surface area contributed by atoms with Gasteiger partial charge in [-0.3, -0.25) is 4.79 Å². The predicted molar refractivity (Wildman–Crippen MR) is 162 cm³/mol. The fraction of sp³-hybridized carbons (Fsp3) is 0.548. The molecule has 0 aromatic heterocycles. The van der Waals surface area contributed by atoms with Gasteiger partial charge >= 0.3 is 5.97 Å². The van der Waals surface area contributed by atoms with Crippen LogP contribution in [0.2, 0.25) is 0 Å². The summed E-state index contributed by atoms with van der Waals surface area (Å²) >= 11 is 0. The van der Waals surface area contributed by atoms with Gasteiger partial charge in [-0.2, -0.15) is 4.31 Å². The normalized spacial score (nSPS) is 17.1. The van der Waals surface area contributed by atoms with Crippen LogP contribution < -0.4 is 10.2 Å². The molecule has 2 aromatic rings. The number of carbonyl (C=O) groups is 2. The highest BCUT2D eigenvalue weighted by atomic mass is 32.2. The summed E-state index contributed by atoms with van der Waals surface area (Å²) in [5.41, 5.74) is 3.02. The zero-order chi connectivity index (χ0) is 30.7. The summed E-state index contributed by atoms with van der Waals surface area (Å²) in [6.45, 7) is 15.4. The van der Waals surface area contributed by atoms with Crippen molar-refractivity contribution in [3.8, 4) is 0 Å². The Morgan fingerprint density at radius 3 is 1.93 bits per heavy atom. The van der Waals surface area contributed by atoms with E-state index in [-0.39, 0.29) is 28.8 Å². The van der Waals surface area contributed by atoms with Crippen LogP contribution in [0.25, 0.3) is 0 Å². The first-order valence-electron chi connectivity index (χ1n) is 14.3. The first-order chi connectivity index (χ1) is 19.7. The van der Waals surface area contributed by atoms with Gasteiger partial charge in [0.1, 0.15) is 0 Å². The number of nitrogens with one attached hydrogen (secondary N) is 1. The maximum Gasteiger partial charge on any atom is 0.338 e. The molecule has 2 fully saturated rings. The maximum atomic E-state index is 13.3. The third-order valence-electron chi connectivity index (χ3n) is 7.44. The lowest BCUT2D eigenvalue weighted by Crippen LogP contribution is -2.40. The molecule has 1 N–H and O–H groups in total. The van der Waals surface area contributed by atoms with E-state index < -0.39 is 28.5 Å². The lowest BCUT2D eigenvalue weighted by atomic mass is 9.79. The minimum Gasteiger partial charge on any atom is -0.452 e. The first-order valence-corrected chi connectivity index (χ1v) is 15.8. The number of carbonyl (C=O) groups excluding carboxylic acids is 2. The second-order valence-corrected chi connectivity index (χ2v) is 14.7. The molecule has 11 heteroatoms. The number of anilines is 2. The van der Waals surface area contributed by atoms with Crippen LogP contribution >= 0.6 is 0 Å². The van der Waals surface area contributed by atoms with Crippen molar-refractivity contribution in [1.82, 2.24) is 4.31 Å². The highest BCUT2D eigenvalue weighted by Crippen LogP contribution is 2.32. The molecule has 2 aliphatic heterocycles. The van der Waals surface area contributed by atoms with Gasteiger partial charge in [-0.05, 0) is 52.3 Å². The number of hydrogen-bond acceptors (Lipinski definition) is 8. The lowest BCUT2D eigenvalue weighted by molar-refractivity contribution is -0.119. The number of esters is 1. The second-order valence-electron chi connectivity index (χ2n) is 12.7. The van der Waals surface area contributed by atoms with Crippen LogP contribution in [-0.4, -0.2) is 83.8 Å². The molecule has 42 heavy (non-hydrogen) atoms. The number of sulfonamides is 1. The van der Waals surface area contributed by atoms with E-state index in [9.17, 15) is 18.0 Å². The standard InChI is InChI=1S/C31H43N3O7S/c1-30(2,3)23-17-22(18-24(19-23)31(4,5)6)29(36)41-21-28(35)32-26-20-25(42(37,38)34-11-15-40-16-12-34)7-8-27(26)33-9-13-39-14-10-33/h7-8,17-20H,9-16,21H2,1-6H3,(H,32,35). The first kappa shape index (κ1) is 31.9. The van der Waals surface area contributed by atoms with Gasteiger partial charge < -0.3 is 24.4 Å². The Hall–Kier alpha value is -2.99. The molecule has 0 spiro atoms. The Kier molecular flexibility index (Phi) is 9.66. The van der Waals surface area contributed by atoms with Crippen molar-refractivity contribution < 1.29 is 32.2 Å². The Balaban J connectivity index is 1.54. The Morgan fingerprint density at radius 1 is 0.833 bits per heavy atom. The molecule has 2 aromatic carbocycles. The van der Waals surface area contributed by atoms with Crippen LogP contribution in [0.15, 0.2) is 41.3 Å². The number of benzene rings is 2. The zero-order valence-corrected chi connectivity index (χ0v) is 26.3. The summed E-state index contributed by atoms with van der Waals surface area (Å²) in [5, 5.41) is 2.80. The minimum atomic E-state index is -3.79. The average molecular weight is 602 g/mol. The predicted octanol–water partition coefficient (Wildman–Crippen LogP) is 3.93. The molecule has 0 aliphatic carbocycles. The molecule has 0 unspecified atom stereocenters. The summed E-state index contributed by atoms with van der Waals surface area (Å²) in [7, 11) is -3.79. The molecule has 1 amide bonds. The molecular weight excluding hydrogens is 558 g/mol. The highest BCUT2D eigenvalue weighted by molar-refractivity contribution is 7.89. The Labute approximate surface area is 249 Å². The van der Waals surface area contributed by atoms with Crippen LogP contribution in [0.3, 0.4) is 0 Å². The third-order valence-corrected chi connectivity index (χ3v) is 9.33. The van der Waals surface area contributed by atoms with Crippen molar-refractivity contribution in [3.63, 3.8) is 0 Å². The molecule has 230 valence electrons. The molecular formula is C31H43N3O7S. The van der Waals surface area contributed by atoms with Crippen LogP contribution in [0.1, 0.15) is 63.0 Å². The van der Waals surface area contributed by atoms with Crippen LogP contribution in [0, 0.1) is 0 Å². The van der Waals surface area contributed by atoms with E-state index in [0.717, 1.165) is 11.1 Å². The van der Waals surface area contributed by atoms with Gasteiger partial charge in [0.25, 0.3) is 5.91 Å². The van der Waals surface area contributed by atoms with Gasteiger partial charge in [0.15, 0.2) is 6.61 Å². The molecule has 2 aliphatic rings. The zero-order valence-electron chi connectivity index (χ0n) is 25.5. The quantitative estimate of drug-likeness (QED) is 0.475. The van der Waals surface area contributed by atoms with Gasteiger partial charge in [0.05, 0.1) is 48.3 Å². The number of amides is 1. The van der Waals surface area contributed by atoms with E-state index in [4.69, 9.17) is 14.2 Å². The number of hydrogen-bond donors (Lipinski definition) is 1. The third kappa shape index (κ3) is 7.69. The van der Waals surface area contributed by atoms with Crippen molar-refractivity contribution in [2.45, 2.75) is 57.3 Å². The second kappa shape index (κ2) is 12.7. The summed E-state index contributed by atoms with van der Waals surface area (Å²) < 4.78 is 44.3. The molecule has 0 radical (unpaired) electrons. The molecule has 2 heterocycles. The van der Waals surface area contributed by atoms with Crippen molar-refractivity contribution in [1.29, 1.82) is 0 Å². The van der Waals surface area contributed by atoms with Gasteiger partial charge in [-0.15, -0.1) is 0 Å². The van der Waals surface area contributed by atoms with Crippen LogP contribution in [0.4, 0.5) is 11.4 Å². The van der Waals surface area contributed by atoms with Gasteiger partial charge in [0, 0.05) is 26.2 Å². The fourth-order valence-corrected chi connectivity index (χ4v) is 6.24. The van der Waals surface area contributed by atoms with Crippen molar-refractivity contribution in [3.05, 3.63) is 53.1 Å². The fourth-order valence-electron chi connectivity index (χ4n) is 4.80. The maximum absolute atomic E-state index is 13.3. The van der Waals surface area contributed by atoms with E-state index in [1.54, 1.807) is 12.1 Å². The van der Waals surface area contributed by atoms with Crippen LogP contribution in [-0.2, 0) is 39.9 Å². The largest absolute Gasteiger partial charge is 0.452 e. The van der Waals surface area contributed by atoms with Gasteiger partial charge in [0.2, 0.25) is 10.0 Å². The van der Waals surface area contributed by atoms with Crippen molar-refractivity contribution in [2.24, 2.45) is 0 Å². The van der Waals surface area contributed by atoms with E-state index >= 15 is 0 Å². The van der Waals surface area contributed by atoms with E-state index in [2.05, 4.69) is 52.9 Å². The molecule has 10 nitrogen and oxygen atoms in total. The summed E-state index contributed by atoms with van der Waals surface area (Å²) in [4.78, 5) is 28.3. The Bertz CT molecular complexity index is 1370. The smallest absolute Gasteiger partial charge is 0.338 e. The minimum absolute atomic E-state index is 0.0717. The van der Waals surface area contributed by atoms with E-state index in [1.807, 2.05) is 17.0 Å². The average Bonchev–Trinajstić information content (AvgIpc) is 2.95.